The van der Waals surface area contributed by atoms with E-state index < -0.39 is 0 Å². The molecule has 1 amide bonds. The zero-order valence-electron chi connectivity index (χ0n) is 12.0. The summed E-state index contributed by atoms with van der Waals surface area (Å²) in [6.07, 6.45) is 1.05. The van der Waals surface area contributed by atoms with E-state index in [1.165, 1.54) is 11.3 Å². The Morgan fingerprint density at radius 2 is 2.40 bits per heavy atom. The Balaban J connectivity index is 2.05. The van der Waals surface area contributed by atoms with E-state index in [-0.39, 0.29) is 23.5 Å². The first kappa shape index (κ1) is 15.0. The van der Waals surface area contributed by atoms with Crippen LogP contribution in [0.1, 0.15) is 35.5 Å². The lowest BCUT2D eigenvalue weighted by molar-refractivity contribution is -0.0942. The van der Waals surface area contributed by atoms with Crippen molar-refractivity contribution < 1.29 is 9.53 Å². The molecule has 1 aliphatic carbocycles. The minimum absolute atomic E-state index is 0.0369. The van der Waals surface area contributed by atoms with Gasteiger partial charge in [-0.2, -0.15) is 0 Å². The van der Waals surface area contributed by atoms with Crippen LogP contribution < -0.4 is 11.1 Å². The molecule has 3 N–H and O–H groups in total. The number of methoxy groups -OCH3 is 1. The molecule has 20 heavy (non-hydrogen) atoms. The van der Waals surface area contributed by atoms with E-state index in [1.807, 2.05) is 11.4 Å². The normalized spacial score (nSPS) is 23.4. The minimum atomic E-state index is -0.0612. The topological polar surface area (TPSA) is 64.3 Å². The van der Waals surface area contributed by atoms with Gasteiger partial charge in [0.2, 0.25) is 0 Å². The molecule has 1 aromatic rings. The molecule has 0 saturated heterocycles. The van der Waals surface area contributed by atoms with Crippen LogP contribution in [0.5, 0.6) is 0 Å². The van der Waals surface area contributed by atoms with Crippen LogP contribution in [0.15, 0.2) is 11.4 Å². The third kappa shape index (κ3) is 2.73. The Kier molecular flexibility index (Phi) is 4.48. The molecule has 1 aliphatic rings. The fourth-order valence-corrected chi connectivity index (χ4v) is 3.24. The molecule has 0 aromatic carbocycles. The number of carbonyl (C=O) groups excluding carboxylic acids is 1. The molecule has 1 fully saturated rings. The van der Waals surface area contributed by atoms with Gasteiger partial charge in [-0.25, -0.2) is 0 Å². The van der Waals surface area contributed by atoms with E-state index in [0.29, 0.717) is 11.4 Å². The number of hydrogen-bond donors (Lipinski definition) is 2. The lowest BCUT2D eigenvalue weighted by Gasteiger charge is -2.51. The van der Waals surface area contributed by atoms with Crippen molar-refractivity contribution in [2.24, 2.45) is 11.1 Å². The molecule has 4 nitrogen and oxygen atoms in total. The summed E-state index contributed by atoms with van der Waals surface area (Å²) >= 11 is 1.40. The van der Waals surface area contributed by atoms with Crippen LogP contribution in [0.3, 0.4) is 0 Å². The highest BCUT2D eigenvalue weighted by molar-refractivity contribution is 7.12. The summed E-state index contributed by atoms with van der Waals surface area (Å²) in [6, 6.07) is 1.99. The van der Waals surface area contributed by atoms with Gasteiger partial charge >= 0.3 is 0 Å². The van der Waals surface area contributed by atoms with Crippen LogP contribution in [0.25, 0.3) is 0 Å². The highest BCUT2D eigenvalue weighted by Crippen LogP contribution is 2.42. The van der Waals surface area contributed by atoms with Crippen molar-refractivity contribution in [1.29, 1.82) is 0 Å². The second-order valence-corrected chi connectivity index (χ2v) is 6.39. The summed E-state index contributed by atoms with van der Waals surface area (Å²) < 4.78 is 5.40. The number of amides is 1. The third-order valence-electron chi connectivity index (χ3n) is 3.96. The number of nitrogens with two attached hydrogens (primary N) is 1. The first-order valence-electron chi connectivity index (χ1n) is 6.60. The number of carbonyl (C=O) groups is 1. The highest BCUT2D eigenvalue weighted by atomic mass is 32.1. The summed E-state index contributed by atoms with van der Waals surface area (Å²) in [5.41, 5.74) is 6.08. The van der Waals surface area contributed by atoms with Crippen molar-refractivity contribution >= 4 is 17.2 Å². The van der Waals surface area contributed by atoms with Crippen molar-refractivity contribution in [2.75, 3.05) is 13.7 Å². The van der Waals surface area contributed by atoms with Crippen molar-refractivity contribution in [2.45, 2.75) is 32.4 Å². The van der Waals surface area contributed by atoms with E-state index in [9.17, 15) is 4.79 Å². The van der Waals surface area contributed by atoms with Crippen LogP contribution in [0.2, 0.25) is 0 Å². The smallest absolute Gasteiger partial charge is 0.262 e. The van der Waals surface area contributed by atoms with Gasteiger partial charge in [0.05, 0.1) is 12.6 Å². The Bertz CT molecular complexity index is 554. The van der Waals surface area contributed by atoms with Gasteiger partial charge < -0.3 is 15.8 Å². The Hall–Kier alpha value is -1.35. The van der Waals surface area contributed by atoms with Crippen molar-refractivity contribution in [3.8, 4) is 11.8 Å². The molecule has 2 rings (SSSR count). The molecule has 108 valence electrons. The predicted octanol–water partition coefficient (Wildman–Crippen LogP) is 1.60. The predicted molar refractivity (Wildman–Crippen MR) is 80.7 cm³/mol. The zero-order valence-corrected chi connectivity index (χ0v) is 12.8. The molecule has 2 unspecified atom stereocenters. The average Bonchev–Trinajstić information content (AvgIpc) is 2.88. The molecule has 1 heterocycles. The molecule has 1 aromatic heterocycles. The Morgan fingerprint density at radius 1 is 1.65 bits per heavy atom. The van der Waals surface area contributed by atoms with Gasteiger partial charge in [-0.1, -0.05) is 25.7 Å². The fourth-order valence-electron chi connectivity index (χ4n) is 2.48. The van der Waals surface area contributed by atoms with Crippen LogP contribution in [0, 0.1) is 17.3 Å². The summed E-state index contributed by atoms with van der Waals surface area (Å²) in [5, 5.41) is 4.96. The molecular weight excluding hydrogens is 272 g/mol. The average molecular weight is 292 g/mol. The maximum absolute atomic E-state index is 12.3. The second kappa shape index (κ2) is 5.96. The zero-order chi connectivity index (χ0) is 14.8. The number of rotatable bonds is 3. The maximum atomic E-state index is 12.3. The van der Waals surface area contributed by atoms with Crippen LogP contribution in [-0.4, -0.2) is 31.7 Å². The summed E-state index contributed by atoms with van der Waals surface area (Å²) in [5.74, 6) is 5.66. The number of thiophene rings is 1. The molecule has 0 bridgehead atoms. The fraction of sp³-hybridized carbons (Fsp3) is 0.533. The van der Waals surface area contributed by atoms with Gasteiger partial charge in [0.15, 0.2) is 0 Å². The second-order valence-electron chi connectivity index (χ2n) is 5.48. The molecule has 1 saturated carbocycles. The van der Waals surface area contributed by atoms with E-state index >= 15 is 0 Å². The van der Waals surface area contributed by atoms with Crippen LogP contribution in [0.4, 0.5) is 0 Å². The molecule has 5 heteroatoms. The van der Waals surface area contributed by atoms with Gasteiger partial charge in [-0.3, -0.25) is 4.79 Å². The van der Waals surface area contributed by atoms with E-state index in [2.05, 4.69) is 31.0 Å². The molecular formula is C15H20N2O2S. The molecule has 0 radical (unpaired) electrons. The number of hydrogen-bond acceptors (Lipinski definition) is 4. The standard InChI is InChI=1S/C15H20N2O2S/c1-15(2)11(9-12(15)19-3)17-14(18)13-10(5-4-7-16)6-8-20-13/h6,8,11-12H,7,9,16H2,1-3H3,(H,17,18). The van der Waals surface area contributed by atoms with Gasteiger partial charge in [0.1, 0.15) is 4.88 Å². The minimum Gasteiger partial charge on any atom is -0.381 e. The van der Waals surface area contributed by atoms with Gasteiger partial charge in [-0.05, 0) is 17.9 Å². The van der Waals surface area contributed by atoms with E-state index in [0.717, 1.165) is 12.0 Å². The largest absolute Gasteiger partial charge is 0.381 e. The SMILES string of the molecule is COC1CC(NC(=O)c2sccc2C#CCN)C1(C)C. The molecule has 0 aliphatic heterocycles. The molecule has 2 atom stereocenters. The third-order valence-corrected chi connectivity index (χ3v) is 4.88. The Morgan fingerprint density at radius 3 is 3.00 bits per heavy atom. The lowest BCUT2D eigenvalue weighted by atomic mass is 9.64. The van der Waals surface area contributed by atoms with Crippen molar-refractivity contribution in [3.63, 3.8) is 0 Å². The van der Waals surface area contributed by atoms with Crippen molar-refractivity contribution in [3.05, 3.63) is 21.9 Å². The highest BCUT2D eigenvalue weighted by Gasteiger charge is 2.49. The molecule has 0 spiro atoms. The first-order valence-corrected chi connectivity index (χ1v) is 7.48. The lowest BCUT2D eigenvalue weighted by Crippen LogP contribution is -2.61. The van der Waals surface area contributed by atoms with Crippen molar-refractivity contribution in [1.82, 2.24) is 5.32 Å². The van der Waals surface area contributed by atoms with Gasteiger partial charge in [0.25, 0.3) is 5.91 Å². The summed E-state index contributed by atoms with van der Waals surface area (Å²) in [6.45, 7) is 4.51. The summed E-state index contributed by atoms with van der Waals surface area (Å²) in [7, 11) is 1.71. The van der Waals surface area contributed by atoms with Crippen LogP contribution in [-0.2, 0) is 4.74 Å². The number of ether oxygens (including phenoxy) is 1. The monoisotopic (exact) mass is 292 g/mol. The first-order chi connectivity index (χ1) is 9.50. The van der Waals surface area contributed by atoms with E-state index in [4.69, 9.17) is 10.5 Å². The van der Waals surface area contributed by atoms with Crippen LogP contribution >= 0.6 is 11.3 Å². The van der Waals surface area contributed by atoms with Gasteiger partial charge in [0, 0.05) is 24.1 Å². The maximum Gasteiger partial charge on any atom is 0.262 e. The Labute approximate surface area is 123 Å². The number of nitrogens with one attached hydrogen (secondary N) is 1. The van der Waals surface area contributed by atoms with E-state index in [1.54, 1.807) is 7.11 Å². The quantitative estimate of drug-likeness (QED) is 0.832. The van der Waals surface area contributed by atoms with Gasteiger partial charge in [-0.15, -0.1) is 11.3 Å². The summed E-state index contributed by atoms with van der Waals surface area (Å²) in [4.78, 5) is 13.0.